The number of likely N-dealkylation sites (tertiary alicyclic amines) is 1. The van der Waals surface area contributed by atoms with Gasteiger partial charge in [-0.25, -0.2) is 4.79 Å². The van der Waals surface area contributed by atoms with Crippen molar-refractivity contribution in [3.05, 3.63) is 65.5 Å². The molecule has 2 aromatic rings. The average Bonchev–Trinajstić information content (AvgIpc) is 3.45. The molecular weight excluding hydrogens is 416 g/mol. The highest BCUT2D eigenvalue weighted by molar-refractivity contribution is 5.70. The van der Waals surface area contributed by atoms with Gasteiger partial charge in [0.2, 0.25) is 0 Å². The normalized spacial score (nSPS) is 35.2. The summed E-state index contributed by atoms with van der Waals surface area (Å²) in [7, 11) is 0. The predicted molar refractivity (Wildman–Crippen MR) is 121 cm³/mol. The van der Waals surface area contributed by atoms with Gasteiger partial charge >= 0.3 is 6.09 Å². The van der Waals surface area contributed by atoms with Crippen LogP contribution in [0.15, 0.2) is 48.8 Å². The first-order valence-electron chi connectivity index (χ1n) is 12.2. The monoisotopic (exact) mass is 444 g/mol. The minimum Gasteiger partial charge on any atom is -0.504 e. The number of benzene rings is 1. The summed E-state index contributed by atoms with van der Waals surface area (Å²) in [6, 6.07) is 7.76. The molecule has 1 N–H and O–H groups in total. The predicted octanol–water partition coefficient (Wildman–Crippen LogP) is 4.67. The highest BCUT2D eigenvalue weighted by Gasteiger charge is 2.64. The third-order valence-corrected chi connectivity index (χ3v) is 8.79. The first kappa shape index (κ1) is 19.4. The number of aromatic hydroxyl groups is 1. The second-order valence-corrected chi connectivity index (χ2v) is 10.3. The molecule has 1 amide bonds. The van der Waals surface area contributed by atoms with Crippen molar-refractivity contribution in [3.63, 3.8) is 0 Å². The van der Waals surface area contributed by atoms with E-state index in [-0.39, 0.29) is 29.4 Å². The fourth-order valence-electron chi connectivity index (χ4n) is 7.55. The number of phenolic OH excluding ortho intramolecular Hbond substituents is 1. The van der Waals surface area contributed by atoms with E-state index in [0.717, 1.165) is 37.7 Å². The molecule has 6 heteroatoms. The van der Waals surface area contributed by atoms with Crippen molar-refractivity contribution >= 4 is 6.09 Å². The maximum atomic E-state index is 13.4. The average molecular weight is 445 g/mol. The Bertz CT molecular complexity index is 1150. The van der Waals surface area contributed by atoms with Crippen LogP contribution in [0.4, 0.5) is 4.79 Å². The summed E-state index contributed by atoms with van der Waals surface area (Å²) in [5.41, 5.74) is 3.31. The van der Waals surface area contributed by atoms with Gasteiger partial charge in [-0.3, -0.25) is 4.98 Å². The number of aromatic nitrogens is 1. The Balaban J connectivity index is 1.22. The number of ether oxygens (including phenoxy) is 2. The zero-order valence-corrected chi connectivity index (χ0v) is 18.5. The number of carbonyl (C=O) groups excluding carboxylic acids is 1. The fraction of sp³-hybridized carbons (Fsp3) is 0.481. The van der Waals surface area contributed by atoms with Gasteiger partial charge < -0.3 is 19.5 Å². The van der Waals surface area contributed by atoms with Crippen molar-refractivity contribution in [2.45, 2.75) is 62.2 Å². The maximum absolute atomic E-state index is 13.4. The second-order valence-electron chi connectivity index (χ2n) is 10.3. The number of allylic oxidation sites excluding steroid dienone is 1. The van der Waals surface area contributed by atoms with Gasteiger partial charge in [0.15, 0.2) is 17.6 Å². The van der Waals surface area contributed by atoms with E-state index >= 15 is 0 Å². The molecule has 5 aliphatic rings. The van der Waals surface area contributed by atoms with Crippen molar-refractivity contribution in [3.8, 4) is 11.5 Å². The van der Waals surface area contributed by atoms with Crippen LogP contribution in [0.3, 0.4) is 0 Å². The molecule has 170 valence electrons. The highest BCUT2D eigenvalue weighted by Crippen LogP contribution is 2.64. The van der Waals surface area contributed by atoms with Crippen molar-refractivity contribution in [2.75, 3.05) is 6.54 Å². The van der Waals surface area contributed by atoms with Crippen LogP contribution in [0.1, 0.15) is 54.8 Å². The summed E-state index contributed by atoms with van der Waals surface area (Å²) in [5.74, 6) is 1.76. The van der Waals surface area contributed by atoms with Crippen LogP contribution in [0.2, 0.25) is 0 Å². The van der Waals surface area contributed by atoms with Crippen LogP contribution in [-0.2, 0) is 16.6 Å². The molecule has 2 bridgehead atoms. The fourth-order valence-corrected chi connectivity index (χ4v) is 7.55. The SMILES string of the molecule is O=C(O[C@H]1C=C[C@H]2[C@@H]3CCC[C@@]24c2c(ccc(O)c2O[C@@H]14)C3)N1CCC[C@H]1c1cccnc1. The maximum Gasteiger partial charge on any atom is 0.411 e. The van der Waals surface area contributed by atoms with Crippen LogP contribution in [-0.4, -0.2) is 39.8 Å². The molecule has 7 rings (SSSR count). The molecule has 1 aromatic heterocycles. The Morgan fingerprint density at radius 1 is 1.21 bits per heavy atom. The van der Waals surface area contributed by atoms with Gasteiger partial charge in [0.25, 0.3) is 0 Å². The Labute approximate surface area is 193 Å². The zero-order valence-electron chi connectivity index (χ0n) is 18.5. The zero-order chi connectivity index (χ0) is 22.2. The Kier molecular flexibility index (Phi) is 4.12. The van der Waals surface area contributed by atoms with Crippen LogP contribution in [0.25, 0.3) is 0 Å². The molecule has 33 heavy (non-hydrogen) atoms. The van der Waals surface area contributed by atoms with Crippen molar-refractivity contribution in [2.24, 2.45) is 11.8 Å². The third-order valence-electron chi connectivity index (χ3n) is 8.79. The van der Waals surface area contributed by atoms with Gasteiger partial charge in [0, 0.05) is 29.9 Å². The lowest BCUT2D eigenvalue weighted by atomic mass is 9.50. The van der Waals surface area contributed by atoms with Gasteiger partial charge in [-0.05, 0) is 73.3 Å². The van der Waals surface area contributed by atoms with E-state index in [4.69, 9.17) is 9.47 Å². The molecule has 3 aliphatic carbocycles. The van der Waals surface area contributed by atoms with Crippen molar-refractivity contribution < 1.29 is 19.4 Å². The van der Waals surface area contributed by atoms with E-state index in [1.54, 1.807) is 12.3 Å². The Hall–Kier alpha value is -3.02. The lowest BCUT2D eigenvalue weighted by Crippen LogP contribution is -2.59. The summed E-state index contributed by atoms with van der Waals surface area (Å²) in [5, 5.41) is 10.6. The molecule has 6 nitrogen and oxygen atoms in total. The van der Waals surface area contributed by atoms with Gasteiger partial charge in [-0.2, -0.15) is 0 Å². The lowest BCUT2D eigenvalue weighted by molar-refractivity contribution is -0.0417. The highest BCUT2D eigenvalue weighted by atomic mass is 16.6. The molecule has 1 spiro atoms. The number of phenols is 1. The van der Waals surface area contributed by atoms with E-state index in [1.807, 2.05) is 29.3 Å². The molecule has 3 heterocycles. The number of amides is 1. The third kappa shape index (κ3) is 2.61. The summed E-state index contributed by atoms with van der Waals surface area (Å²) in [4.78, 5) is 19.5. The minimum atomic E-state index is -0.472. The van der Waals surface area contributed by atoms with Gasteiger partial charge in [0.1, 0.15) is 6.10 Å². The Morgan fingerprint density at radius 2 is 2.15 bits per heavy atom. The second kappa shape index (κ2) is 6.99. The number of rotatable bonds is 2. The summed E-state index contributed by atoms with van der Waals surface area (Å²) >= 11 is 0. The van der Waals surface area contributed by atoms with Crippen LogP contribution < -0.4 is 4.74 Å². The molecule has 2 fully saturated rings. The van der Waals surface area contributed by atoms with E-state index in [1.165, 1.54) is 17.5 Å². The molecule has 2 aliphatic heterocycles. The molecule has 6 atom stereocenters. The topological polar surface area (TPSA) is 71.9 Å². The molecule has 1 saturated heterocycles. The van der Waals surface area contributed by atoms with Crippen LogP contribution >= 0.6 is 0 Å². The minimum absolute atomic E-state index is 0.00392. The Morgan fingerprint density at radius 3 is 3.03 bits per heavy atom. The van der Waals surface area contributed by atoms with Gasteiger partial charge in [-0.15, -0.1) is 0 Å². The van der Waals surface area contributed by atoms with Crippen molar-refractivity contribution in [1.29, 1.82) is 0 Å². The molecule has 0 unspecified atom stereocenters. The molecule has 1 aromatic carbocycles. The first-order valence-corrected chi connectivity index (χ1v) is 12.2. The largest absolute Gasteiger partial charge is 0.504 e. The summed E-state index contributed by atoms with van der Waals surface area (Å²) < 4.78 is 12.7. The quantitative estimate of drug-likeness (QED) is 0.682. The number of carbonyl (C=O) groups is 1. The number of nitrogens with zero attached hydrogens (tertiary/aromatic N) is 2. The number of hydrogen-bond acceptors (Lipinski definition) is 5. The number of hydrogen-bond donors (Lipinski definition) is 1. The van der Waals surface area contributed by atoms with E-state index in [0.29, 0.717) is 24.1 Å². The smallest absolute Gasteiger partial charge is 0.411 e. The molecule has 1 saturated carbocycles. The van der Waals surface area contributed by atoms with Gasteiger partial charge in [-0.1, -0.05) is 24.6 Å². The van der Waals surface area contributed by atoms with Gasteiger partial charge in [0.05, 0.1) is 6.04 Å². The van der Waals surface area contributed by atoms with Crippen molar-refractivity contribution in [1.82, 2.24) is 9.88 Å². The molecular formula is C27H28N2O4. The van der Waals surface area contributed by atoms with E-state index < -0.39 is 6.10 Å². The molecule has 0 radical (unpaired) electrons. The van der Waals surface area contributed by atoms with E-state index in [9.17, 15) is 9.90 Å². The number of pyridine rings is 1. The van der Waals surface area contributed by atoms with Crippen LogP contribution in [0.5, 0.6) is 11.5 Å². The lowest BCUT2D eigenvalue weighted by Gasteiger charge is -2.53. The standard InChI is InChI=1S/C27H28N2O4/c30-21-9-7-17-14-16-4-1-11-27-19(16)8-10-22(25(27)33-24(21)23(17)27)32-26(31)29-13-3-6-20(29)18-5-2-12-28-15-18/h2,5,7-10,12,15-16,19-20,22,25,30H,1,3-4,6,11,13-14H2/t16-,19+,20+,22+,25+,27+/m1/s1. The summed E-state index contributed by atoms with van der Waals surface area (Å²) in [6.45, 7) is 0.682. The first-order chi connectivity index (χ1) is 16.2. The van der Waals surface area contributed by atoms with E-state index in [2.05, 4.69) is 17.1 Å². The summed E-state index contributed by atoms with van der Waals surface area (Å²) in [6.07, 6.45) is 13.1. The van der Waals surface area contributed by atoms with Crippen LogP contribution in [0, 0.1) is 11.8 Å².